The van der Waals surface area contributed by atoms with Crippen molar-refractivity contribution in [3.8, 4) is 5.75 Å². The van der Waals surface area contributed by atoms with Crippen molar-refractivity contribution in [3.05, 3.63) is 35.2 Å². The van der Waals surface area contributed by atoms with Crippen LogP contribution in [0.3, 0.4) is 0 Å². The molecule has 0 saturated carbocycles. The number of anilines is 2. The topological polar surface area (TPSA) is 122 Å². The van der Waals surface area contributed by atoms with Gasteiger partial charge in [-0.25, -0.2) is 13.2 Å². The Morgan fingerprint density at radius 1 is 1.25 bits per heavy atom. The van der Waals surface area contributed by atoms with Crippen LogP contribution in [0, 0.1) is 0 Å². The van der Waals surface area contributed by atoms with Gasteiger partial charge in [-0.2, -0.15) is 0 Å². The number of amides is 1. The third-order valence-electron chi connectivity index (χ3n) is 2.85. The number of ether oxygens (including phenoxy) is 1. The molecule has 0 fully saturated rings. The van der Waals surface area contributed by atoms with Gasteiger partial charge in [-0.1, -0.05) is 0 Å². The number of benzene rings is 1. The molecule has 0 unspecified atom stereocenters. The Bertz CT molecular complexity index is 888. The van der Waals surface area contributed by atoms with Crippen molar-refractivity contribution in [2.24, 2.45) is 0 Å². The molecule has 0 aliphatic rings. The minimum atomic E-state index is -3.99. The van der Waals surface area contributed by atoms with Gasteiger partial charge < -0.3 is 15.2 Å². The third kappa shape index (κ3) is 4.03. The predicted molar refractivity (Wildman–Crippen MR) is 89.4 cm³/mol. The maximum absolute atomic E-state index is 12.4. The highest BCUT2D eigenvalue weighted by atomic mass is 32.2. The van der Waals surface area contributed by atoms with E-state index in [0.29, 0.717) is 5.69 Å². The van der Waals surface area contributed by atoms with Gasteiger partial charge in [0.25, 0.3) is 10.0 Å². The molecule has 1 aromatic heterocycles. The Morgan fingerprint density at radius 3 is 2.50 bits per heavy atom. The average Bonchev–Trinajstić information content (AvgIpc) is 2.97. The lowest BCUT2D eigenvalue weighted by Crippen LogP contribution is -2.13. The van der Waals surface area contributed by atoms with Crippen LogP contribution in [0.5, 0.6) is 5.75 Å². The normalized spacial score (nSPS) is 10.9. The van der Waals surface area contributed by atoms with Gasteiger partial charge in [0.1, 0.15) is 9.96 Å². The third-order valence-corrected chi connectivity index (χ3v) is 5.66. The molecule has 10 heteroatoms. The second-order valence-electron chi connectivity index (χ2n) is 4.66. The Morgan fingerprint density at radius 2 is 1.96 bits per heavy atom. The molecule has 128 valence electrons. The van der Waals surface area contributed by atoms with Crippen molar-refractivity contribution in [2.45, 2.75) is 11.1 Å². The Hall–Kier alpha value is -2.59. The summed E-state index contributed by atoms with van der Waals surface area (Å²) in [7, 11) is -2.62. The highest BCUT2D eigenvalue weighted by Crippen LogP contribution is 2.31. The minimum absolute atomic E-state index is 0.112. The minimum Gasteiger partial charge on any atom is -0.495 e. The van der Waals surface area contributed by atoms with E-state index in [4.69, 9.17) is 9.84 Å². The number of carbonyl (C=O) groups is 2. The number of aromatic carboxylic acids is 1. The highest BCUT2D eigenvalue weighted by molar-refractivity contribution is 7.94. The summed E-state index contributed by atoms with van der Waals surface area (Å²) in [6, 6.07) is 5.54. The zero-order valence-corrected chi connectivity index (χ0v) is 14.3. The quantitative estimate of drug-likeness (QED) is 0.717. The summed E-state index contributed by atoms with van der Waals surface area (Å²) in [5.41, 5.74) is 0.395. The van der Waals surface area contributed by atoms with Gasteiger partial charge in [-0.3, -0.25) is 9.52 Å². The van der Waals surface area contributed by atoms with Crippen LogP contribution in [0.15, 0.2) is 33.9 Å². The fraction of sp³-hybridized carbons (Fsp3) is 0.143. The Labute approximate surface area is 142 Å². The number of carbonyl (C=O) groups excluding carboxylic acids is 1. The van der Waals surface area contributed by atoms with Crippen LogP contribution in [0.4, 0.5) is 11.4 Å². The van der Waals surface area contributed by atoms with E-state index in [1.54, 1.807) is 6.07 Å². The second-order valence-corrected chi connectivity index (χ2v) is 7.48. The summed E-state index contributed by atoms with van der Waals surface area (Å²) in [5.74, 6) is -1.26. The highest BCUT2D eigenvalue weighted by Gasteiger charge is 2.21. The summed E-state index contributed by atoms with van der Waals surface area (Å²) < 4.78 is 32.1. The summed E-state index contributed by atoms with van der Waals surface area (Å²) in [6.45, 7) is 1.33. The van der Waals surface area contributed by atoms with E-state index in [2.05, 4.69) is 10.0 Å². The lowest BCUT2D eigenvalue weighted by Gasteiger charge is -2.12. The molecule has 8 nitrogen and oxygen atoms in total. The molecule has 1 heterocycles. The van der Waals surface area contributed by atoms with Crippen molar-refractivity contribution in [1.82, 2.24) is 0 Å². The SMILES string of the molecule is COc1ccc(NC(C)=O)cc1NS(=O)(=O)c1cc(C(=O)O)cs1. The molecule has 0 aliphatic heterocycles. The molecule has 0 radical (unpaired) electrons. The number of carboxylic acid groups (broad SMARTS) is 1. The number of methoxy groups -OCH3 is 1. The van der Waals surface area contributed by atoms with Crippen molar-refractivity contribution in [1.29, 1.82) is 0 Å². The molecule has 0 spiro atoms. The standard InChI is InChI=1S/C14H14N2O6S2/c1-8(17)15-10-3-4-12(22-2)11(6-10)16-24(20,21)13-5-9(7-23-13)14(18)19/h3-7,16H,1-2H3,(H,15,17)(H,18,19). The van der Waals surface area contributed by atoms with Gasteiger partial charge in [0.2, 0.25) is 5.91 Å². The number of hydrogen-bond donors (Lipinski definition) is 3. The summed E-state index contributed by atoms with van der Waals surface area (Å²) in [6.07, 6.45) is 0. The first kappa shape index (κ1) is 17.8. The Balaban J connectivity index is 2.36. The van der Waals surface area contributed by atoms with E-state index in [0.717, 1.165) is 17.4 Å². The molecule has 1 amide bonds. The number of thiophene rings is 1. The zero-order valence-electron chi connectivity index (χ0n) is 12.7. The molecule has 1 aromatic carbocycles. The van der Waals surface area contributed by atoms with Crippen molar-refractivity contribution in [3.63, 3.8) is 0 Å². The van der Waals surface area contributed by atoms with Crippen LogP contribution in [-0.4, -0.2) is 32.5 Å². The van der Waals surface area contributed by atoms with E-state index < -0.39 is 16.0 Å². The van der Waals surface area contributed by atoms with Crippen molar-refractivity contribution >= 4 is 44.6 Å². The van der Waals surface area contributed by atoms with Gasteiger partial charge >= 0.3 is 5.97 Å². The van der Waals surface area contributed by atoms with E-state index in [-0.39, 0.29) is 27.1 Å². The van der Waals surface area contributed by atoms with Gasteiger partial charge in [-0.05, 0) is 24.3 Å². The first-order valence-corrected chi connectivity index (χ1v) is 8.89. The molecule has 0 aliphatic carbocycles. The van der Waals surface area contributed by atoms with E-state index in [1.165, 1.54) is 31.5 Å². The van der Waals surface area contributed by atoms with Gasteiger partial charge in [0, 0.05) is 18.0 Å². The van der Waals surface area contributed by atoms with Gasteiger partial charge in [0.05, 0.1) is 18.4 Å². The molecule has 0 bridgehead atoms. The van der Waals surface area contributed by atoms with Crippen LogP contribution < -0.4 is 14.8 Å². The van der Waals surface area contributed by atoms with Crippen LogP contribution >= 0.6 is 11.3 Å². The maximum Gasteiger partial charge on any atom is 0.336 e. The fourth-order valence-corrected chi connectivity index (χ4v) is 4.05. The molecular formula is C14H14N2O6S2. The predicted octanol–water partition coefficient (Wildman–Crippen LogP) is 2.21. The van der Waals surface area contributed by atoms with Crippen molar-refractivity contribution < 1.29 is 27.9 Å². The van der Waals surface area contributed by atoms with E-state index >= 15 is 0 Å². The molecule has 2 aromatic rings. The van der Waals surface area contributed by atoms with Crippen LogP contribution in [0.2, 0.25) is 0 Å². The van der Waals surface area contributed by atoms with Crippen LogP contribution in [0.25, 0.3) is 0 Å². The first-order chi connectivity index (χ1) is 11.2. The maximum atomic E-state index is 12.4. The van der Waals surface area contributed by atoms with Crippen molar-refractivity contribution in [2.75, 3.05) is 17.1 Å². The number of nitrogens with one attached hydrogen (secondary N) is 2. The summed E-state index contributed by atoms with van der Waals surface area (Å²) in [5, 5.41) is 12.7. The number of hydrogen-bond acceptors (Lipinski definition) is 6. The van der Waals surface area contributed by atoms with Crippen LogP contribution in [0.1, 0.15) is 17.3 Å². The number of rotatable bonds is 6. The zero-order chi connectivity index (χ0) is 17.9. The smallest absolute Gasteiger partial charge is 0.336 e. The summed E-state index contributed by atoms with van der Waals surface area (Å²) in [4.78, 5) is 22.0. The van der Waals surface area contributed by atoms with Gasteiger partial charge in [-0.15, -0.1) is 11.3 Å². The Kier molecular flexibility index (Phi) is 5.10. The molecule has 24 heavy (non-hydrogen) atoms. The first-order valence-electron chi connectivity index (χ1n) is 6.53. The summed E-state index contributed by atoms with van der Waals surface area (Å²) >= 11 is 0.791. The second kappa shape index (κ2) is 6.89. The molecule has 3 N–H and O–H groups in total. The molecular weight excluding hydrogens is 356 g/mol. The largest absolute Gasteiger partial charge is 0.495 e. The number of carboxylic acids is 1. The fourth-order valence-electron chi connectivity index (χ4n) is 1.83. The average molecular weight is 370 g/mol. The van der Waals surface area contributed by atoms with E-state index in [9.17, 15) is 18.0 Å². The van der Waals surface area contributed by atoms with Gasteiger partial charge in [0.15, 0.2) is 0 Å². The molecule has 0 atom stereocenters. The lowest BCUT2D eigenvalue weighted by molar-refractivity contribution is -0.114. The molecule has 2 rings (SSSR count). The molecule has 0 saturated heterocycles. The van der Waals surface area contributed by atoms with Crippen LogP contribution in [-0.2, 0) is 14.8 Å². The monoisotopic (exact) mass is 370 g/mol. The lowest BCUT2D eigenvalue weighted by atomic mass is 10.2. The number of sulfonamides is 1. The van der Waals surface area contributed by atoms with E-state index in [1.807, 2.05) is 0 Å².